The van der Waals surface area contributed by atoms with Gasteiger partial charge in [-0.2, -0.15) is 12.6 Å². The largest absolute Gasteiger partial charge is 0.372 e. The van der Waals surface area contributed by atoms with Gasteiger partial charge in [-0.3, -0.25) is 9.80 Å². The molecule has 31 heavy (non-hydrogen) atoms. The molecule has 8 rings (SSSR count). The molecular formula is C27H46N2OS. The van der Waals surface area contributed by atoms with Crippen LogP contribution in [0.1, 0.15) is 90.9 Å². The Morgan fingerprint density at radius 2 is 1.58 bits per heavy atom. The lowest BCUT2D eigenvalue weighted by atomic mass is 9.75. The van der Waals surface area contributed by atoms with E-state index in [-0.39, 0.29) is 0 Å². The third kappa shape index (κ3) is 4.04. The van der Waals surface area contributed by atoms with E-state index in [0.717, 1.165) is 29.7 Å². The minimum Gasteiger partial charge on any atom is -0.372 e. The van der Waals surface area contributed by atoms with Crippen molar-refractivity contribution in [1.29, 1.82) is 0 Å². The predicted molar refractivity (Wildman–Crippen MR) is 131 cm³/mol. The molecule has 4 heteroatoms. The Morgan fingerprint density at radius 1 is 0.806 bits per heavy atom. The van der Waals surface area contributed by atoms with Crippen molar-refractivity contribution < 1.29 is 4.74 Å². The van der Waals surface area contributed by atoms with Gasteiger partial charge in [0.25, 0.3) is 0 Å². The summed E-state index contributed by atoms with van der Waals surface area (Å²) in [6.07, 6.45) is 17.9. The normalized spacial score (nSPS) is 49.5. The van der Waals surface area contributed by atoms with Crippen LogP contribution in [-0.2, 0) is 4.74 Å². The van der Waals surface area contributed by atoms with Crippen LogP contribution in [0.5, 0.6) is 0 Å². The van der Waals surface area contributed by atoms with Crippen molar-refractivity contribution in [3.8, 4) is 0 Å². The molecule has 0 aromatic carbocycles. The van der Waals surface area contributed by atoms with Crippen LogP contribution in [-0.4, -0.2) is 64.5 Å². The molecule has 0 aromatic heterocycles. The first-order valence-electron chi connectivity index (χ1n) is 13.9. The molecule has 0 N–H and O–H groups in total. The second-order valence-corrected chi connectivity index (χ2v) is 13.1. The fourth-order valence-corrected chi connectivity index (χ4v) is 9.80. The summed E-state index contributed by atoms with van der Waals surface area (Å²) in [7, 11) is 0. The van der Waals surface area contributed by atoms with Gasteiger partial charge in [-0.05, 0) is 115 Å². The van der Waals surface area contributed by atoms with Crippen molar-refractivity contribution in [2.24, 2.45) is 23.7 Å². The van der Waals surface area contributed by atoms with E-state index >= 15 is 0 Å². The maximum absolute atomic E-state index is 6.68. The van der Waals surface area contributed by atoms with Crippen LogP contribution in [0.4, 0.5) is 0 Å². The van der Waals surface area contributed by atoms with Gasteiger partial charge in [0.05, 0.1) is 12.2 Å². The van der Waals surface area contributed by atoms with E-state index in [1.165, 1.54) is 90.1 Å². The maximum Gasteiger partial charge on any atom is 0.0749 e. The summed E-state index contributed by atoms with van der Waals surface area (Å²) in [6.45, 7) is 7.60. The van der Waals surface area contributed by atoms with E-state index in [1.54, 1.807) is 0 Å². The summed E-state index contributed by atoms with van der Waals surface area (Å²) in [4.78, 5) is 5.79. The molecule has 0 spiro atoms. The molecule has 5 saturated heterocycles. The number of rotatable bonds is 6. The summed E-state index contributed by atoms with van der Waals surface area (Å²) in [6, 6.07) is 2.93. The van der Waals surface area contributed by atoms with Crippen molar-refractivity contribution in [3.63, 3.8) is 0 Å². The van der Waals surface area contributed by atoms with E-state index in [4.69, 9.17) is 17.4 Å². The van der Waals surface area contributed by atoms with Crippen molar-refractivity contribution in [2.75, 3.05) is 13.1 Å². The summed E-state index contributed by atoms with van der Waals surface area (Å²) in [5, 5.41) is 0.695. The summed E-state index contributed by atoms with van der Waals surface area (Å²) >= 11 is 5.05. The van der Waals surface area contributed by atoms with Gasteiger partial charge < -0.3 is 4.74 Å². The van der Waals surface area contributed by atoms with Crippen molar-refractivity contribution in [2.45, 2.75) is 133 Å². The molecule has 5 heterocycles. The Balaban J connectivity index is 1.09. The zero-order valence-corrected chi connectivity index (χ0v) is 20.9. The number of thiol groups is 1. The first-order valence-corrected chi connectivity index (χ1v) is 14.4. The molecular weight excluding hydrogens is 400 g/mol. The first-order chi connectivity index (χ1) is 15.1. The van der Waals surface area contributed by atoms with E-state index in [1.807, 2.05) is 0 Å². The predicted octanol–water partition coefficient (Wildman–Crippen LogP) is 5.38. The average Bonchev–Trinajstić information content (AvgIpc) is 3.03. The number of hydrogen-bond donors (Lipinski definition) is 1. The molecule has 0 radical (unpaired) electrons. The fraction of sp³-hybridized carbons (Fsp3) is 1.00. The Kier molecular flexibility index (Phi) is 6.16. The molecule has 3 saturated carbocycles. The van der Waals surface area contributed by atoms with Gasteiger partial charge in [-0.1, -0.05) is 0 Å². The molecule has 0 aromatic rings. The number of fused-ring (bicyclic) bond motifs is 8. The minimum atomic E-state index is 0.463. The van der Waals surface area contributed by atoms with Gasteiger partial charge in [-0.25, -0.2) is 0 Å². The molecule has 9 unspecified atom stereocenters. The highest BCUT2D eigenvalue weighted by molar-refractivity contribution is 7.81. The van der Waals surface area contributed by atoms with Crippen molar-refractivity contribution in [1.82, 2.24) is 9.80 Å². The zero-order valence-electron chi connectivity index (χ0n) is 20.0. The second-order valence-electron chi connectivity index (χ2n) is 12.5. The van der Waals surface area contributed by atoms with Gasteiger partial charge in [0.1, 0.15) is 0 Å². The molecule has 3 aliphatic carbocycles. The standard InChI is InChI=1S/C27H46N2OS/c1-17(13-21-6-5-20-7-11-24(21)27(20)31)29-16-23-10-12-25(29)26(30-23)14-18(2)28-15-19-3-8-22(28)9-4-19/h17-27,31H,3-16H2,1-2H3. The molecule has 3 nitrogen and oxygen atoms in total. The third-order valence-electron chi connectivity index (χ3n) is 10.8. The Labute approximate surface area is 196 Å². The van der Waals surface area contributed by atoms with Gasteiger partial charge in [0, 0.05) is 42.5 Å². The quantitative estimate of drug-likeness (QED) is 0.551. The van der Waals surface area contributed by atoms with Crippen LogP contribution in [0.25, 0.3) is 0 Å². The molecule has 176 valence electrons. The fourth-order valence-electron chi connectivity index (χ4n) is 9.11. The minimum absolute atomic E-state index is 0.463. The molecule has 8 aliphatic rings. The first kappa shape index (κ1) is 21.7. The average molecular weight is 447 g/mol. The molecule has 9 atom stereocenters. The zero-order chi connectivity index (χ0) is 21.1. The molecule has 6 bridgehead atoms. The van der Waals surface area contributed by atoms with E-state index < -0.39 is 0 Å². The lowest BCUT2D eigenvalue weighted by molar-refractivity contribution is -0.177. The highest BCUT2D eigenvalue weighted by atomic mass is 32.1. The number of hydrogen-bond acceptors (Lipinski definition) is 4. The van der Waals surface area contributed by atoms with E-state index in [0.29, 0.717) is 35.6 Å². The summed E-state index contributed by atoms with van der Waals surface area (Å²) in [5.41, 5.74) is 0. The number of ether oxygens (including phenoxy) is 1. The molecule has 0 amide bonds. The SMILES string of the molecule is CC(CC1OC2CCC1N(C(C)CC1CCC3CCC1C3S)C2)N1CC2CCC1CC2. The van der Waals surface area contributed by atoms with Crippen LogP contribution >= 0.6 is 12.6 Å². The second kappa shape index (κ2) is 8.78. The van der Waals surface area contributed by atoms with E-state index in [9.17, 15) is 0 Å². The topological polar surface area (TPSA) is 15.7 Å². The van der Waals surface area contributed by atoms with Gasteiger partial charge in [-0.15, -0.1) is 0 Å². The third-order valence-corrected chi connectivity index (χ3v) is 11.6. The van der Waals surface area contributed by atoms with Crippen LogP contribution in [0.15, 0.2) is 0 Å². The van der Waals surface area contributed by atoms with Gasteiger partial charge in [0.15, 0.2) is 0 Å². The lowest BCUT2D eigenvalue weighted by Gasteiger charge is -2.54. The highest BCUT2D eigenvalue weighted by Crippen LogP contribution is 2.50. The monoisotopic (exact) mass is 446 g/mol. The number of piperidine rings is 3. The highest BCUT2D eigenvalue weighted by Gasteiger charge is 2.47. The lowest BCUT2D eigenvalue weighted by Crippen LogP contribution is -2.63. The van der Waals surface area contributed by atoms with Gasteiger partial charge >= 0.3 is 0 Å². The van der Waals surface area contributed by atoms with Crippen LogP contribution in [0, 0.1) is 23.7 Å². The van der Waals surface area contributed by atoms with Crippen LogP contribution in [0.2, 0.25) is 0 Å². The van der Waals surface area contributed by atoms with Crippen LogP contribution < -0.4 is 0 Å². The summed E-state index contributed by atoms with van der Waals surface area (Å²) in [5.74, 6) is 3.72. The summed E-state index contributed by atoms with van der Waals surface area (Å²) < 4.78 is 6.68. The Morgan fingerprint density at radius 3 is 2.32 bits per heavy atom. The Bertz CT molecular complexity index is 637. The molecule has 8 fully saturated rings. The number of nitrogens with zero attached hydrogens (tertiary/aromatic N) is 2. The molecule has 5 aliphatic heterocycles. The Hall–Kier alpha value is 0.230. The van der Waals surface area contributed by atoms with Crippen molar-refractivity contribution in [3.05, 3.63) is 0 Å². The smallest absolute Gasteiger partial charge is 0.0749 e. The maximum atomic E-state index is 6.68. The number of morpholine rings is 1. The van der Waals surface area contributed by atoms with Gasteiger partial charge in [0.2, 0.25) is 0 Å². The van der Waals surface area contributed by atoms with Crippen LogP contribution in [0.3, 0.4) is 0 Å². The van der Waals surface area contributed by atoms with E-state index in [2.05, 4.69) is 23.6 Å². The van der Waals surface area contributed by atoms with Crippen molar-refractivity contribution >= 4 is 12.6 Å².